The quantitative estimate of drug-likeness (QED) is 0.533. The van der Waals surface area contributed by atoms with Crippen LogP contribution < -0.4 is 10.0 Å². The van der Waals surface area contributed by atoms with E-state index in [1.54, 1.807) is 18.2 Å². The van der Waals surface area contributed by atoms with E-state index in [2.05, 4.69) is 40.4 Å². The average molecular weight is 350 g/mol. The maximum absolute atomic E-state index is 5.69. The molecule has 1 fully saturated rings. The molecule has 2 aromatic carbocycles. The van der Waals surface area contributed by atoms with Crippen LogP contribution in [0.4, 0.5) is 5.69 Å². The van der Waals surface area contributed by atoms with Crippen LogP contribution in [0, 0.1) is 5.92 Å². The molecule has 0 amide bonds. The molecule has 0 spiro atoms. The van der Waals surface area contributed by atoms with Gasteiger partial charge in [0.2, 0.25) is 0 Å². The molecule has 1 aliphatic carbocycles. The van der Waals surface area contributed by atoms with Crippen molar-refractivity contribution in [3.8, 4) is 11.3 Å². The molecule has 25 heavy (non-hydrogen) atoms. The molecular formula is C21H22N2OS. The molecule has 128 valence electrons. The smallest absolute Gasteiger partial charge is 0.135 e. The van der Waals surface area contributed by atoms with E-state index in [1.807, 2.05) is 37.4 Å². The fourth-order valence-corrected chi connectivity index (χ4v) is 3.89. The fraction of sp³-hybridized carbons (Fsp3) is 0.238. The van der Waals surface area contributed by atoms with E-state index in [1.165, 1.54) is 23.3 Å². The lowest BCUT2D eigenvalue weighted by atomic mass is 9.98. The Balaban J connectivity index is 1.63. The molecule has 1 unspecified atom stereocenters. The summed E-state index contributed by atoms with van der Waals surface area (Å²) in [5.41, 5.74) is 3.50. The summed E-state index contributed by atoms with van der Waals surface area (Å²) in [5.74, 6) is 1.65. The van der Waals surface area contributed by atoms with Gasteiger partial charge in [-0.3, -0.25) is 0 Å². The lowest BCUT2D eigenvalue weighted by molar-refractivity contribution is 0.528. The summed E-state index contributed by atoms with van der Waals surface area (Å²) in [6, 6.07) is 21.3. The van der Waals surface area contributed by atoms with Crippen molar-refractivity contribution in [1.82, 2.24) is 5.32 Å². The highest BCUT2D eigenvalue weighted by Crippen LogP contribution is 2.43. The van der Waals surface area contributed by atoms with Gasteiger partial charge in [-0.1, -0.05) is 24.3 Å². The Morgan fingerprint density at radius 3 is 2.56 bits per heavy atom. The van der Waals surface area contributed by atoms with Crippen LogP contribution in [0.2, 0.25) is 0 Å². The molecule has 0 bridgehead atoms. The summed E-state index contributed by atoms with van der Waals surface area (Å²) in [4.78, 5) is 1.18. The standard InChI is InChI=1S/C21H22N2OS/c1-22-21(15-9-10-15)16-11-12-19(18(14-16)20-8-5-13-24-20)23-25-17-6-3-2-4-7-17/h2-8,11-15,21-23H,9-10H2,1H3. The van der Waals surface area contributed by atoms with Crippen molar-refractivity contribution in [2.45, 2.75) is 23.8 Å². The molecule has 3 aromatic rings. The minimum Gasteiger partial charge on any atom is -0.464 e. The van der Waals surface area contributed by atoms with Gasteiger partial charge in [-0.05, 0) is 79.7 Å². The van der Waals surface area contributed by atoms with Crippen molar-refractivity contribution in [2.75, 3.05) is 11.8 Å². The van der Waals surface area contributed by atoms with E-state index >= 15 is 0 Å². The van der Waals surface area contributed by atoms with E-state index in [4.69, 9.17) is 4.42 Å². The summed E-state index contributed by atoms with van der Waals surface area (Å²) in [6.45, 7) is 0. The molecule has 0 radical (unpaired) electrons. The van der Waals surface area contributed by atoms with Crippen LogP contribution >= 0.6 is 11.9 Å². The molecule has 1 atom stereocenters. The van der Waals surface area contributed by atoms with Crippen LogP contribution in [-0.2, 0) is 0 Å². The first-order chi connectivity index (χ1) is 12.3. The monoisotopic (exact) mass is 350 g/mol. The Kier molecular flexibility index (Phi) is 4.81. The maximum atomic E-state index is 5.69. The van der Waals surface area contributed by atoms with Gasteiger partial charge in [0.1, 0.15) is 5.76 Å². The molecule has 1 aromatic heterocycles. The van der Waals surface area contributed by atoms with E-state index in [0.29, 0.717) is 6.04 Å². The number of rotatable bonds is 7. The highest BCUT2D eigenvalue weighted by Gasteiger charge is 2.31. The average Bonchev–Trinajstić information content (AvgIpc) is 3.34. The van der Waals surface area contributed by atoms with Gasteiger partial charge in [-0.15, -0.1) is 0 Å². The van der Waals surface area contributed by atoms with E-state index in [9.17, 15) is 0 Å². The van der Waals surface area contributed by atoms with Crippen molar-refractivity contribution >= 4 is 17.6 Å². The minimum atomic E-state index is 0.421. The second-order valence-electron chi connectivity index (χ2n) is 6.40. The predicted molar refractivity (Wildman–Crippen MR) is 105 cm³/mol. The second kappa shape index (κ2) is 7.38. The number of hydrogen-bond acceptors (Lipinski definition) is 4. The SMILES string of the molecule is CNC(c1ccc(NSc2ccccc2)c(-c2ccco2)c1)C1CC1. The van der Waals surface area contributed by atoms with Crippen molar-refractivity contribution in [1.29, 1.82) is 0 Å². The first-order valence-corrected chi connectivity index (χ1v) is 9.50. The van der Waals surface area contributed by atoms with Gasteiger partial charge in [0.15, 0.2) is 0 Å². The Hall–Kier alpha value is -2.17. The molecule has 0 saturated heterocycles. The molecule has 4 rings (SSSR count). The third-order valence-electron chi connectivity index (χ3n) is 4.62. The van der Waals surface area contributed by atoms with E-state index in [0.717, 1.165) is 22.9 Å². The molecule has 1 aliphatic rings. The summed E-state index contributed by atoms with van der Waals surface area (Å²) in [7, 11) is 2.05. The van der Waals surface area contributed by atoms with Crippen LogP contribution in [0.15, 0.2) is 76.2 Å². The molecule has 1 heterocycles. The maximum Gasteiger partial charge on any atom is 0.135 e. The summed E-state index contributed by atoms with van der Waals surface area (Å²) < 4.78 is 9.17. The zero-order chi connectivity index (χ0) is 17.1. The van der Waals surface area contributed by atoms with Gasteiger partial charge in [0.25, 0.3) is 0 Å². The number of hydrogen-bond donors (Lipinski definition) is 2. The summed E-state index contributed by atoms with van der Waals surface area (Å²) in [5, 5.41) is 3.47. The Morgan fingerprint density at radius 2 is 1.88 bits per heavy atom. The van der Waals surface area contributed by atoms with Crippen LogP contribution in [0.5, 0.6) is 0 Å². The van der Waals surface area contributed by atoms with Gasteiger partial charge >= 0.3 is 0 Å². The van der Waals surface area contributed by atoms with Gasteiger partial charge in [-0.25, -0.2) is 0 Å². The largest absolute Gasteiger partial charge is 0.464 e. The van der Waals surface area contributed by atoms with Crippen molar-refractivity contribution in [2.24, 2.45) is 5.92 Å². The third kappa shape index (κ3) is 3.75. The summed E-state index contributed by atoms with van der Waals surface area (Å²) in [6.07, 6.45) is 4.35. The lowest BCUT2D eigenvalue weighted by Gasteiger charge is -2.18. The highest BCUT2D eigenvalue weighted by molar-refractivity contribution is 8.00. The van der Waals surface area contributed by atoms with Crippen molar-refractivity contribution < 1.29 is 4.42 Å². The van der Waals surface area contributed by atoms with E-state index < -0.39 is 0 Å². The number of benzene rings is 2. The van der Waals surface area contributed by atoms with Gasteiger partial charge < -0.3 is 14.5 Å². The molecule has 2 N–H and O–H groups in total. The molecule has 3 nitrogen and oxygen atoms in total. The highest BCUT2D eigenvalue weighted by atomic mass is 32.2. The van der Waals surface area contributed by atoms with Gasteiger partial charge in [-0.2, -0.15) is 0 Å². The van der Waals surface area contributed by atoms with Gasteiger partial charge in [0.05, 0.1) is 12.0 Å². The number of anilines is 1. The first-order valence-electron chi connectivity index (χ1n) is 8.68. The van der Waals surface area contributed by atoms with Gasteiger partial charge in [0, 0.05) is 16.5 Å². The van der Waals surface area contributed by atoms with Crippen molar-refractivity contribution in [3.63, 3.8) is 0 Å². The summed E-state index contributed by atoms with van der Waals surface area (Å²) >= 11 is 1.62. The second-order valence-corrected chi connectivity index (χ2v) is 7.28. The predicted octanol–water partition coefficient (Wildman–Crippen LogP) is 5.74. The normalized spacial score (nSPS) is 15.1. The Bertz CT molecular complexity index is 813. The third-order valence-corrected chi connectivity index (χ3v) is 5.45. The van der Waals surface area contributed by atoms with Crippen molar-refractivity contribution in [3.05, 3.63) is 72.5 Å². The van der Waals surface area contributed by atoms with E-state index in [-0.39, 0.29) is 0 Å². The van der Waals surface area contributed by atoms with Crippen LogP contribution in [0.3, 0.4) is 0 Å². The molecular weight excluding hydrogens is 328 g/mol. The zero-order valence-corrected chi connectivity index (χ0v) is 15.1. The first kappa shape index (κ1) is 16.3. The molecule has 0 aliphatic heterocycles. The number of furan rings is 1. The van der Waals surface area contributed by atoms with Crippen LogP contribution in [-0.4, -0.2) is 7.05 Å². The molecule has 1 saturated carbocycles. The lowest BCUT2D eigenvalue weighted by Crippen LogP contribution is -2.18. The minimum absolute atomic E-state index is 0.421. The number of nitrogens with one attached hydrogen (secondary N) is 2. The Labute approximate surface area is 153 Å². The molecule has 4 heteroatoms. The fourth-order valence-electron chi connectivity index (χ4n) is 3.19. The zero-order valence-electron chi connectivity index (χ0n) is 14.2. The van der Waals surface area contributed by atoms with Crippen LogP contribution in [0.1, 0.15) is 24.4 Å². The van der Waals surface area contributed by atoms with Crippen LogP contribution in [0.25, 0.3) is 11.3 Å². The Morgan fingerprint density at radius 1 is 1.04 bits per heavy atom. The topological polar surface area (TPSA) is 37.2 Å².